The number of hydrogen-bond donors (Lipinski definition) is 3. The highest BCUT2D eigenvalue weighted by molar-refractivity contribution is 5.89. The Morgan fingerprint density at radius 3 is 2.57 bits per heavy atom. The Labute approximate surface area is 132 Å². The number of carbonyl (C=O) groups is 1. The topological polar surface area (TPSA) is 111 Å². The number of nitrogens with zero attached hydrogens (tertiary/aromatic N) is 4. The van der Waals surface area contributed by atoms with Crippen LogP contribution in [0.5, 0.6) is 0 Å². The molecule has 0 fully saturated rings. The summed E-state index contributed by atoms with van der Waals surface area (Å²) in [6, 6.07) is 7.23. The molecule has 0 spiro atoms. The Morgan fingerprint density at radius 2 is 1.91 bits per heavy atom. The first-order valence-corrected chi connectivity index (χ1v) is 6.87. The zero-order valence-electron chi connectivity index (χ0n) is 12.4. The van der Waals surface area contributed by atoms with Crippen LogP contribution < -0.4 is 16.4 Å². The molecule has 0 aliphatic rings. The van der Waals surface area contributed by atoms with Crippen LogP contribution in [0, 0.1) is 0 Å². The summed E-state index contributed by atoms with van der Waals surface area (Å²) in [7, 11) is 0. The van der Waals surface area contributed by atoms with Crippen molar-refractivity contribution in [2.24, 2.45) is 0 Å². The van der Waals surface area contributed by atoms with Gasteiger partial charge in [-0.1, -0.05) is 0 Å². The van der Waals surface area contributed by atoms with E-state index in [1.165, 1.54) is 13.3 Å². The van der Waals surface area contributed by atoms with Crippen molar-refractivity contribution in [2.45, 2.75) is 6.92 Å². The lowest BCUT2D eigenvalue weighted by Crippen LogP contribution is -2.07. The lowest BCUT2D eigenvalue weighted by Gasteiger charge is -2.11. The van der Waals surface area contributed by atoms with Crippen molar-refractivity contribution in [3.63, 3.8) is 0 Å². The fourth-order valence-electron chi connectivity index (χ4n) is 2.05. The number of imidazole rings is 1. The number of carbonyl (C=O) groups excluding carboxylic acids is 1. The summed E-state index contributed by atoms with van der Waals surface area (Å²) >= 11 is 0. The maximum Gasteiger partial charge on any atom is 0.221 e. The molecular weight excluding hydrogens is 294 g/mol. The zero-order chi connectivity index (χ0) is 16.2. The Hall–Kier alpha value is -3.42. The highest BCUT2D eigenvalue weighted by Gasteiger charge is 2.09. The second-order valence-electron chi connectivity index (χ2n) is 4.81. The number of nitrogen functional groups attached to an aromatic ring is 1. The van der Waals surface area contributed by atoms with Gasteiger partial charge in [0.15, 0.2) is 11.6 Å². The van der Waals surface area contributed by atoms with Crippen molar-refractivity contribution in [3.8, 4) is 5.82 Å². The van der Waals surface area contributed by atoms with Crippen LogP contribution in [0.25, 0.3) is 5.82 Å². The van der Waals surface area contributed by atoms with Gasteiger partial charge in [-0.25, -0.2) is 15.0 Å². The minimum Gasteiger partial charge on any atom is -0.393 e. The average molecular weight is 309 g/mol. The quantitative estimate of drug-likeness (QED) is 0.679. The molecule has 0 unspecified atom stereocenters. The van der Waals surface area contributed by atoms with E-state index < -0.39 is 0 Å². The number of benzene rings is 1. The largest absolute Gasteiger partial charge is 0.393 e. The van der Waals surface area contributed by atoms with Gasteiger partial charge in [0.25, 0.3) is 0 Å². The van der Waals surface area contributed by atoms with E-state index in [1.807, 2.05) is 12.1 Å². The minimum absolute atomic E-state index is 0.115. The molecule has 23 heavy (non-hydrogen) atoms. The van der Waals surface area contributed by atoms with E-state index in [0.29, 0.717) is 17.3 Å². The van der Waals surface area contributed by atoms with Gasteiger partial charge < -0.3 is 16.4 Å². The third kappa shape index (κ3) is 3.26. The minimum atomic E-state index is -0.115. The molecule has 0 bridgehead atoms. The number of aromatic nitrogens is 4. The number of anilines is 4. The van der Waals surface area contributed by atoms with Gasteiger partial charge >= 0.3 is 0 Å². The summed E-state index contributed by atoms with van der Waals surface area (Å²) in [4.78, 5) is 23.3. The Kier molecular flexibility index (Phi) is 3.88. The summed E-state index contributed by atoms with van der Waals surface area (Å²) < 4.78 is 1.71. The first-order chi connectivity index (χ1) is 11.1. The van der Waals surface area contributed by atoms with Crippen LogP contribution in [0.15, 0.2) is 49.3 Å². The number of nitrogens with two attached hydrogens (primary N) is 1. The highest BCUT2D eigenvalue weighted by atomic mass is 16.1. The van der Waals surface area contributed by atoms with E-state index in [1.54, 1.807) is 35.4 Å². The summed E-state index contributed by atoms with van der Waals surface area (Å²) in [5.41, 5.74) is 8.05. The van der Waals surface area contributed by atoms with E-state index in [4.69, 9.17) is 5.73 Å². The van der Waals surface area contributed by atoms with E-state index in [-0.39, 0.29) is 5.91 Å². The van der Waals surface area contributed by atoms with E-state index >= 15 is 0 Å². The molecule has 2 heterocycles. The third-order valence-electron chi connectivity index (χ3n) is 3.08. The van der Waals surface area contributed by atoms with Gasteiger partial charge in [0, 0.05) is 30.7 Å². The molecule has 0 saturated heterocycles. The lowest BCUT2D eigenvalue weighted by atomic mass is 10.2. The first-order valence-electron chi connectivity index (χ1n) is 6.87. The molecule has 0 radical (unpaired) electrons. The van der Waals surface area contributed by atoms with Crippen LogP contribution in [-0.2, 0) is 4.79 Å². The molecule has 1 aromatic carbocycles. The van der Waals surface area contributed by atoms with E-state index in [9.17, 15) is 4.79 Å². The number of rotatable bonds is 4. The van der Waals surface area contributed by atoms with Gasteiger partial charge in [-0.2, -0.15) is 0 Å². The van der Waals surface area contributed by atoms with Crippen molar-refractivity contribution in [3.05, 3.63) is 49.3 Å². The summed E-state index contributed by atoms with van der Waals surface area (Å²) in [5.74, 6) is 0.932. The van der Waals surface area contributed by atoms with Crippen LogP contribution in [0.3, 0.4) is 0 Å². The fourth-order valence-corrected chi connectivity index (χ4v) is 2.05. The molecule has 0 saturated carbocycles. The Morgan fingerprint density at radius 1 is 1.17 bits per heavy atom. The van der Waals surface area contributed by atoms with Crippen LogP contribution in [0.1, 0.15) is 6.92 Å². The summed E-state index contributed by atoms with van der Waals surface area (Å²) in [6.07, 6.45) is 6.45. The molecule has 8 nitrogen and oxygen atoms in total. The molecule has 3 rings (SSSR count). The number of amides is 1. The van der Waals surface area contributed by atoms with Crippen LogP contribution in [-0.4, -0.2) is 25.4 Å². The van der Waals surface area contributed by atoms with Crippen molar-refractivity contribution >= 4 is 28.8 Å². The number of hydrogen-bond acceptors (Lipinski definition) is 6. The van der Waals surface area contributed by atoms with Crippen LogP contribution in [0.2, 0.25) is 0 Å². The van der Waals surface area contributed by atoms with Gasteiger partial charge in [0.1, 0.15) is 18.3 Å². The smallest absolute Gasteiger partial charge is 0.221 e. The number of nitrogens with one attached hydrogen (secondary N) is 2. The monoisotopic (exact) mass is 309 g/mol. The molecule has 0 atom stereocenters. The SMILES string of the molecule is CC(=O)Nc1ccc(Nc2ncnc(-n3ccnc3)c2N)cc1. The standard InChI is InChI=1S/C15H15N7O/c1-10(23)20-11-2-4-12(5-3-11)21-14-13(16)15(19-8-18-14)22-7-6-17-9-22/h2-9H,16H2,1H3,(H,20,23)(H,18,19,21). The van der Waals surface area contributed by atoms with Crippen LogP contribution in [0.4, 0.5) is 22.9 Å². The zero-order valence-corrected chi connectivity index (χ0v) is 12.4. The van der Waals surface area contributed by atoms with E-state index in [0.717, 1.165) is 11.4 Å². The maximum absolute atomic E-state index is 11.0. The van der Waals surface area contributed by atoms with Gasteiger partial charge in [-0.15, -0.1) is 0 Å². The molecule has 4 N–H and O–H groups in total. The molecule has 8 heteroatoms. The van der Waals surface area contributed by atoms with Crippen molar-refractivity contribution in [1.29, 1.82) is 0 Å². The fraction of sp³-hybridized carbons (Fsp3) is 0.0667. The second kappa shape index (κ2) is 6.14. The molecular formula is C15H15N7O. The molecule has 116 valence electrons. The van der Waals surface area contributed by atoms with Crippen molar-refractivity contribution in [2.75, 3.05) is 16.4 Å². The van der Waals surface area contributed by atoms with Crippen molar-refractivity contribution < 1.29 is 4.79 Å². The Balaban J connectivity index is 1.83. The maximum atomic E-state index is 11.0. The third-order valence-corrected chi connectivity index (χ3v) is 3.08. The predicted octanol–water partition coefficient (Wildman–Crippen LogP) is 1.95. The van der Waals surface area contributed by atoms with Crippen molar-refractivity contribution in [1.82, 2.24) is 19.5 Å². The molecule has 3 aromatic rings. The lowest BCUT2D eigenvalue weighted by molar-refractivity contribution is -0.114. The summed E-state index contributed by atoms with van der Waals surface area (Å²) in [6.45, 7) is 1.46. The van der Waals surface area contributed by atoms with Crippen LogP contribution >= 0.6 is 0 Å². The average Bonchev–Trinajstić information content (AvgIpc) is 3.05. The normalized spacial score (nSPS) is 10.3. The Bertz CT molecular complexity index is 812. The second-order valence-corrected chi connectivity index (χ2v) is 4.81. The molecule has 1 amide bonds. The van der Waals surface area contributed by atoms with Gasteiger partial charge in [0.05, 0.1) is 0 Å². The van der Waals surface area contributed by atoms with Gasteiger partial charge in [-0.05, 0) is 24.3 Å². The highest BCUT2D eigenvalue weighted by Crippen LogP contribution is 2.25. The summed E-state index contributed by atoms with van der Waals surface area (Å²) in [5, 5.41) is 5.84. The van der Waals surface area contributed by atoms with Gasteiger partial charge in [0.2, 0.25) is 5.91 Å². The first kappa shape index (κ1) is 14.5. The predicted molar refractivity (Wildman–Crippen MR) is 87.6 cm³/mol. The molecule has 0 aliphatic carbocycles. The molecule has 2 aromatic heterocycles. The van der Waals surface area contributed by atoms with Gasteiger partial charge in [-0.3, -0.25) is 9.36 Å². The molecule has 0 aliphatic heterocycles. The van der Waals surface area contributed by atoms with E-state index in [2.05, 4.69) is 25.6 Å².